The molecule has 6 heteroatoms. The number of hydrogen-bond donors (Lipinski definition) is 2. The van der Waals surface area contributed by atoms with E-state index in [0.717, 1.165) is 53.3 Å². The minimum atomic E-state index is 0.514. The standard InChI is InChI=1S/C19H21N5S/c1-13-22-16(14-7-9-20-10-8-14)11-18(23-13)24-19-21-12-17(25-19)15-5-3-2-4-6-15/h2-6,11-12,14,20H,7-10H2,1H3,(H,21,22,23,24). The number of hydrogen-bond acceptors (Lipinski definition) is 6. The number of thiazole rings is 1. The highest BCUT2D eigenvalue weighted by Crippen LogP contribution is 2.31. The van der Waals surface area contributed by atoms with Crippen LogP contribution in [0.2, 0.25) is 0 Å². The summed E-state index contributed by atoms with van der Waals surface area (Å²) in [5.74, 6) is 2.15. The maximum Gasteiger partial charge on any atom is 0.188 e. The monoisotopic (exact) mass is 351 g/mol. The van der Waals surface area contributed by atoms with Crippen LogP contribution in [0.5, 0.6) is 0 Å². The molecule has 0 saturated carbocycles. The molecule has 0 aliphatic carbocycles. The van der Waals surface area contributed by atoms with Gasteiger partial charge in [0, 0.05) is 23.9 Å². The van der Waals surface area contributed by atoms with Crippen molar-refractivity contribution in [3.8, 4) is 10.4 Å². The van der Waals surface area contributed by atoms with Gasteiger partial charge >= 0.3 is 0 Å². The summed E-state index contributed by atoms with van der Waals surface area (Å²) in [6, 6.07) is 12.4. The van der Waals surface area contributed by atoms with Crippen LogP contribution in [0.15, 0.2) is 42.6 Å². The Morgan fingerprint density at radius 3 is 2.72 bits per heavy atom. The quantitative estimate of drug-likeness (QED) is 0.740. The van der Waals surface area contributed by atoms with Crippen molar-refractivity contribution in [3.05, 3.63) is 54.1 Å². The van der Waals surface area contributed by atoms with Crippen LogP contribution in [0.4, 0.5) is 10.9 Å². The van der Waals surface area contributed by atoms with Gasteiger partial charge in [-0.2, -0.15) is 0 Å². The molecule has 3 aromatic rings. The molecule has 4 rings (SSSR count). The molecule has 1 aliphatic heterocycles. The van der Waals surface area contributed by atoms with Crippen LogP contribution in [-0.2, 0) is 0 Å². The van der Waals surface area contributed by atoms with Crippen molar-refractivity contribution in [2.24, 2.45) is 0 Å². The third-order valence-electron chi connectivity index (χ3n) is 4.41. The average Bonchev–Trinajstić information content (AvgIpc) is 3.11. The van der Waals surface area contributed by atoms with E-state index in [0.29, 0.717) is 5.92 Å². The Labute approximate surface area is 151 Å². The molecule has 128 valence electrons. The number of piperidine rings is 1. The lowest BCUT2D eigenvalue weighted by Gasteiger charge is -2.22. The van der Waals surface area contributed by atoms with Crippen molar-refractivity contribution in [2.45, 2.75) is 25.7 Å². The zero-order valence-corrected chi connectivity index (χ0v) is 15.0. The van der Waals surface area contributed by atoms with Gasteiger partial charge in [0.05, 0.1) is 4.88 Å². The predicted octanol–water partition coefficient (Wildman–Crippen LogP) is 4.12. The van der Waals surface area contributed by atoms with E-state index in [2.05, 4.69) is 43.8 Å². The Kier molecular flexibility index (Phi) is 4.72. The normalized spacial score (nSPS) is 15.2. The summed E-state index contributed by atoms with van der Waals surface area (Å²) in [5.41, 5.74) is 2.32. The van der Waals surface area contributed by atoms with Crippen LogP contribution < -0.4 is 10.6 Å². The maximum atomic E-state index is 4.66. The number of aryl methyl sites for hydroxylation is 1. The Hall–Kier alpha value is -2.31. The first kappa shape index (κ1) is 16.2. The molecule has 2 aromatic heterocycles. The molecular weight excluding hydrogens is 330 g/mol. The zero-order chi connectivity index (χ0) is 17.1. The number of nitrogens with zero attached hydrogens (tertiary/aromatic N) is 3. The minimum Gasteiger partial charge on any atom is -0.317 e. The van der Waals surface area contributed by atoms with Crippen LogP contribution in [0.25, 0.3) is 10.4 Å². The van der Waals surface area contributed by atoms with E-state index in [9.17, 15) is 0 Å². The summed E-state index contributed by atoms with van der Waals surface area (Å²) < 4.78 is 0. The number of rotatable bonds is 4. The largest absolute Gasteiger partial charge is 0.317 e. The number of anilines is 2. The highest BCUT2D eigenvalue weighted by molar-refractivity contribution is 7.18. The SMILES string of the molecule is Cc1nc(Nc2ncc(-c3ccccc3)s2)cc(C2CCNCC2)n1. The first-order valence-corrected chi connectivity index (χ1v) is 9.44. The molecule has 0 radical (unpaired) electrons. The van der Waals surface area contributed by atoms with Crippen LogP contribution >= 0.6 is 11.3 Å². The number of nitrogens with one attached hydrogen (secondary N) is 2. The van der Waals surface area contributed by atoms with Gasteiger partial charge in [-0.25, -0.2) is 15.0 Å². The van der Waals surface area contributed by atoms with Crippen LogP contribution in [0.3, 0.4) is 0 Å². The molecule has 2 N–H and O–H groups in total. The fourth-order valence-corrected chi connectivity index (χ4v) is 3.99. The van der Waals surface area contributed by atoms with Gasteiger partial charge in [-0.1, -0.05) is 41.7 Å². The predicted molar refractivity (Wildman–Crippen MR) is 102 cm³/mol. The van der Waals surface area contributed by atoms with Crippen molar-refractivity contribution < 1.29 is 0 Å². The van der Waals surface area contributed by atoms with Crippen LogP contribution in [-0.4, -0.2) is 28.0 Å². The second-order valence-corrected chi connectivity index (χ2v) is 7.30. The Morgan fingerprint density at radius 1 is 1.12 bits per heavy atom. The van der Waals surface area contributed by atoms with Gasteiger partial charge in [-0.3, -0.25) is 0 Å². The first-order chi connectivity index (χ1) is 12.3. The van der Waals surface area contributed by atoms with E-state index in [1.807, 2.05) is 31.3 Å². The Morgan fingerprint density at radius 2 is 1.92 bits per heavy atom. The number of aromatic nitrogens is 3. The van der Waals surface area contributed by atoms with Crippen LogP contribution in [0.1, 0.15) is 30.3 Å². The third kappa shape index (κ3) is 3.86. The van der Waals surface area contributed by atoms with Gasteiger partial charge in [0.2, 0.25) is 0 Å². The molecule has 1 saturated heterocycles. The van der Waals surface area contributed by atoms with Gasteiger partial charge in [0.15, 0.2) is 5.13 Å². The molecule has 3 heterocycles. The third-order valence-corrected chi connectivity index (χ3v) is 5.38. The van der Waals surface area contributed by atoms with Gasteiger partial charge in [-0.15, -0.1) is 0 Å². The van der Waals surface area contributed by atoms with Crippen molar-refractivity contribution in [1.82, 2.24) is 20.3 Å². The molecule has 0 spiro atoms. The molecule has 5 nitrogen and oxygen atoms in total. The van der Waals surface area contributed by atoms with Gasteiger partial charge in [0.25, 0.3) is 0 Å². The van der Waals surface area contributed by atoms with E-state index >= 15 is 0 Å². The molecule has 0 unspecified atom stereocenters. The highest BCUT2D eigenvalue weighted by Gasteiger charge is 2.18. The van der Waals surface area contributed by atoms with E-state index in [-0.39, 0.29) is 0 Å². The molecule has 0 amide bonds. The fourth-order valence-electron chi connectivity index (χ4n) is 3.16. The van der Waals surface area contributed by atoms with Crippen LogP contribution in [0, 0.1) is 6.92 Å². The Balaban J connectivity index is 1.54. The average molecular weight is 351 g/mol. The minimum absolute atomic E-state index is 0.514. The van der Waals surface area contributed by atoms with Crippen molar-refractivity contribution in [1.29, 1.82) is 0 Å². The molecule has 1 aliphatic rings. The summed E-state index contributed by atoms with van der Waals surface area (Å²) >= 11 is 1.64. The highest BCUT2D eigenvalue weighted by atomic mass is 32.1. The van der Waals surface area contributed by atoms with Crippen molar-refractivity contribution >= 4 is 22.3 Å². The number of benzene rings is 1. The lowest BCUT2D eigenvalue weighted by Crippen LogP contribution is -2.27. The molecule has 1 fully saturated rings. The second-order valence-electron chi connectivity index (χ2n) is 6.27. The molecule has 1 aromatic carbocycles. The fraction of sp³-hybridized carbons (Fsp3) is 0.316. The Bertz CT molecular complexity index is 840. The zero-order valence-electron chi connectivity index (χ0n) is 14.2. The lowest BCUT2D eigenvalue weighted by molar-refractivity contribution is 0.452. The summed E-state index contributed by atoms with van der Waals surface area (Å²) in [4.78, 5) is 14.8. The van der Waals surface area contributed by atoms with E-state index in [1.54, 1.807) is 11.3 Å². The molecular formula is C19H21N5S. The summed E-state index contributed by atoms with van der Waals surface area (Å²) in [5, 5.41) is 7.61. The molecule has 0 bridgehead atoms. The van der Waals surface area contributed by atoms with Crippen molar-refractivity contribution in [3.63, 3.8) is 0 Å². The van der Waals surface area contributed by atoms with Gasteiger partial charge in [-0.05, 0) is 38.4 Å². The maximum absolute atomic E-state index is 4.66. The topological polar surface area (TPSA) is 62.7 Å². The first-order valence-electron chi connectivity index (χ1n) is 8.62. The van der Waals surface area contributed by atoms with Gasteiger partial charge in [0.1, 0.15) is 11.6 Å². The lowest BCUT2D eigenvalue weighted by atomic mass is 9.94. The molecule has 0 atom stereocenters. The smallest absolute Gasteiger partial charge is 0.188 e. The second kappa shape index (κ2) is 7.29. The van der Waals surface area contributed by atoms with E-state index in [1.165, 1.54) is 5.56 Å². The molecule has 25 heavy (non-hydrogen) atoms. The van der Waals surface area contributed by atoms with Crippen molar-refractivity contribution in [2.75, 3.05) is 18.4 Å². The van der Waals surface area contributed by atoms with E-state index < -0.39 is 0 Å². The van der Waals surface area contributed by atoms with E-state index in [4.69, 9.17) is 0 Å². The summed E-state index contributed by atoms with van der Waals surface area (Å²) in [6.07, 6.45) is 4.17. The summed E-state index contributed by atoms with van der Waals surface area (Å²) in [6.45, 7) is 4.07. The van der Waals surface area contributed by atoms with Gasteiger partial charge < -0.3 is 10.6 Å². The summed E-state index contributed by atoms with van der Waals surface area (Å²) in [7, 11) is 0.